The Morgan fingerprint density at radius 3 is 2.46 bits per heavy atom. The Morgan fingerprint density at radius 1 is 0.976 bits per heavy atom. The van der Waals surface area contributed by atoms with Gasteiger partial charge in [-0.15, -0.1) is 0 Å². The van der Waals surface area contributed by atoms with E-state index in [0.717, 1.165) is 35.3 Å². The molecule has 2 saturated carbocycles. The summed E-state index contributed by atoms with van der Waals surface area (Å²) in [4.78, 5) is 11.5. The summed E-state index contributed by atoms with van der Waals surface area (Å²) in [6.45, 7) is 8.49. The van der Waals surface area contributed by atoms with E-state index in [1.807, 2.05) is 31.2 Å². The number of benzene rings is 3. The molecule has 0 radical (unpaired) electrons. The second-order valence-corrected chi connectivity index (χ2v) is 13.0. The monoisotopic (exact) mass is 554 g/mol. The van der Waals surface area contributed by atoms with E-state index in [2.05, 4.69) is 56.3 Å². The van der Waals surface area contributed by atoms with Crippen LogP contribution in [0.25, 0.3) is 11.1 Å². The minimum atomic E-state index is -0.737. The first-order chi connectivity index (χ1) is 19.7. The molecule has 2 aliphatic carbocycles. The molecular formula is C36H42O5. The van der Waals surface area contributed by atoms with Crippen LogP contribution in [-0.2, 0) is 26.7 Å². The highest BCUT2D eigenvalue weighted by Crippen LogP contribution is 2.51. The highest BCUT2D eigenvalue weighted by Gasteiger charge is 2.38. The van der Waals surface area contributed by atoms with Crippen LogP contribution in [0.1, 0.15) is 93.4 Å². The second-order valence-electron chi connectivity index (χ2n) is 13.0. The predicted molar refractivity (Wildman–Crippen MR) is 160 cm³/mol. The Morgan fingerprint density at radius 2 is 1.76 bits per heavy atom. The van der Waals surface area contributed by atoms with Crippen LogP contribution in [0.4, 0.5) is 0 Å². The van der Waals surface area contributed by atoms with Crippen LogP contribution < -0.4 is 4.74 Å². The summed E-state index contributed by atoms with van der Waals surface area (Å²) in [5.74, 6) is 0.355. The number of hydrogen-bond donors (Lipinski definition) is 1. The zero-order valence-electron chi connectivity index (χ0n) is 24.5. The van der Waals surface area contributed by atoms with Gasteiger partial charge in [-0.3, -0.25) is 4.79 Å². The second kappa shape index (κ2) is 11.3. The average molecular weight is 555 g/mol. The maximum absolute atomic E-state index is 11.5. The van der Waals surface area contributed by atoms with Gasteiger partial charge in [0.2, 0.25) is 0 Å². The SMILES string of the molecule is CC1(c2cccc(-c3ccc(COc4cccc([C@H](CC(=O)O)C5CC5)c4)cc3[C@H]3CCCC3(C)C)c2)OCCO1. The molecule has 0 amide bonds. The topological polar surface area (TPSA) is 65.0 Å². The van der Waals surface area contributed by atoms with Crippen molar-refractivity contribution in [2.75, 3.05) is 13.2 Å². The standard InChI is InChI=1S/C36H42O5/c1-35(2)16-6-11-33(35)32-19-24(12-15-30(32)26-7-4-9-28(20-26)36(3)40-17-18-41-36)23-39-29-10-5-8-27(21-29)31(22-34(37)38)25-13-14-25/h4-5,7-10,12,15,19-21,25,31,33H,6,11,13-14,16-18,22-23H2,1-3H3,(H,37,38)/t31-,33-/m1/s1. The van der Waals surface area contributed by atoms with Gasteiger partial charge in [0.15, 0.2) is 5.79 Å². The van der Waals surface area contributed by atoms with E-state index in [-0.39, 0.29) is 17.8 Å². The van der Waals surface area contributed by atoms with E-state index in [1.165, 1.54) is 36.0 Å². The lowest BCUT2D eigenvalue weighted by atomic mass is 9.75. The Kier molecular flexibility index (Phi) is 7.69. The molecule has 0 spiro atoms. The van der Waals surface area contributed by atoms with Crippen molar-refractivity contribution in [3.05, 3.63) is 89.0 Å². The van der Waals surface area contributed by atoms with Gasteiger partial charge in [0, 0.05) is 5.56 Å². The van der Waals surface area contributed by atoms with Crippen LogP contribution in [0, 0.1) is 11.3 Å². The van der Waals surface area contributed by atoms with Gasteiger partial charge in [-0.1, -0.05) is 68.8 Å². The fraction of sp³-hybridized carbons (Fsp3) is 0.472. The summed E-state index contributed by atoms with van der Waals surface area (Å²) < 4.78 is 18.3. The zero-order chi connectivity index (χ0) is 28.6. The van der Waals surface area contributed by atoms with Crippen LogP contribution in [0.3, 0.4) is 0 Å². The Labute approximate surface area is 243 Å². The highest BCUT2D eigenvalue weighted by molar-refractivity contribution is 5.70. The third-order valence-corrected chi connectivity index (χ3v) is 9.56. The van der Waals surface area contributed by atoms with Crippen LogP contribution in [0.5, 0.6) is 5.75 Å². The maximum atomic E-state index is 11.5. The molecule has 41 heavy (non-hydrogen) atoms. The first kappa shape index (κ1) is 28.0. The van der Waals surface area contributed by atoms with E-state index < -0.39 is 11.8 Å². The first-order valence-corrected chi connectivity index (χ1v) is 15.2. The molecule has 5 heteroatoms. The Bertz CT molecular complexity index is 1400. The van der Waals surface area contributed by atoms with E-state index in [4.69, 9.17) is 14.2 Å². The van der Waals surface area contributed by atoms with Crippen molar-refractivity contribution >= 4 is 5.97 Å². The number of hydrogen-bond acceptors (Lipinski definition) is 4. The van der Waals surface area contributed by atoms with Crippen molar-refractivity contribution in [1.82, 2.24) is 0 Å². The fourth-order valence-corrected chi connectivity index (χ4v) is 7.05. The van der Waals surface area contributed by atoms with Gasteiger partial charge < -0.3 is 19.3 Å². The van der Waals surface area contributed by atoms with Crippen molar-refractivity contribution in [3.8, 4) is 16.9 Å². The van der Waals surface area contributed by atoms with E-state index in [9.17, 15) is 9.90 Å². The summed E-state index contributed by atoms with van der Waals surface area (Å²) >= 11 is 0. The summed E-state index contributed by atoms with van der Waals surface area (Å²) in [6.07, 6.45) is 6.04. The van der Waals surface area contributed by atoms with Crippen LogP contribution in [-0.4, -0.2) is 24.3 Å². The largest absolute Gasteiger partial charge is 0.489 e. The Hall–Kier alpha value is -3.15. The van der Waals surface area contributed by atoms with Gasteiger partial charge in [-0.25, -0.2) is 0 Å². The number of ether oxygens (including phenoxy) is 3. The lowest BCUT2D eigenvalue weighted by Gasteiger charge is -2.30. The summed E-state index contributed by atoms with van der Waals surface area (Å²) in [6, 6.07) is 23.5. The van der Waals surface area contributed by atoms with Crippen LogP contribution in [0.15, 0.2) is 66.7 Å². The molecule has 3 aliphatic rings. The minimum absolute atomic E-state index is 0.0598. The lowest BCUT2D eigenvalue weighted by Crippen LogP contribution is -2.22. The molecule has 1 heterocycles. The third kappa shape index (κ3) is 6.07. The molecule has 1 aliphatic heterocycles. The van der Waals surface area contributed by atoms with E-state index >= 15 is 0 Å². The number of carboxylic acid groups (broad SMARTS) is 1. The fourth-order valence-electron chi connectivity index (χ4n) is 7.05. The molecule has 0 aromatic heterocycles. The van der Waals surface area contributed by atoms with Gasteiger partial charge in [0.25, 0.3) is 0 Å². The molecule has 0 bridgehead atoms. The van der Waals surface area contributed by atoms with Crippen LogP contribution >= 0.6 is 0 Å². The van der Waals surface area contributed by atoms with Crippen LogP contribution in [0.2, 0.25) is 0 Å². The smallest absolute Gasteiger partial charge is 0.303 e. The summed E-state index contributed by atoms with van der Waals surface area (Å²) in [5.41, 5.74) is 7.32. The van der Waals surface area contributed by atoms with Crippen molar-refractivity contribution < 1.29 is 24.1 Å². The normalized spacial score (nSPS) is 22.0. The van der Waals surface area contributed by atoms with Crippen molar-refractivity contribution in [2.45, 2.75) is 83.5 Å². The molecule has 5 nitrogen and oxygen atoms in total. The van der Waals surface area contributed by atoms with Crippen molar-refractivity contribution in [2.24, 2.45) is 11.3 Å². The summed E-state index contributed by atoms with van der Waals surface area (Å²) in [5, 5.41) is 9.44. The molecule has 3 aromatic rings. The maximum Gasteiger partial charge on any atom is 0.303 e. The van der Waals surface area contributed by atoms with Gasteiger partial charge in [-0.2, -0.15) is 0 Å². The quantitative estimate of drug-likeness (QED) is 0.273. The number of aliphatic carboxylic acids is 1. The molecule has 3 fully saturated rings. The van der Waals surface area contributed by atoms with Crippen molar-refractivity contribution in [3.63, 3.8) is 0 Å². The molecule has 1 N–H and O–H groups in total. The predicted octanol–water partition coefficient (Wildman–Crippen LogP) is 8.41. The van der Waals surface area contributed by atoms with E-state index in [1.54, 1.807) is 0 Å². The molecular weight excluding hydrogens is 512 g/mol. The third-order valence-electron chi connectivity index (χ3n) is 9.56. The highest BCUT2D eigenvalue weighted by atomic mass is 16.7. The van der Waals surface area contributed by atoms with Crippen molar-refractivity contribution in [1.29, 1.82) is 0 Å². The Balaban J connectivity index is 1.28. The van der Waals surface area contributed by atoms with Gasteiger partial charge in [-0.05, 0) is 102 Å². The number of carbonyl (C=O) groups is 1. The van der Waals surface area contributed by atoms with Gasteiger partial charge >= 0.3 is 5.97 Å². The first-order valence-electron chi connectivity index (χ1n) is 15.2. The molecule has 2 atom stereocenters. The van der Waals surface area contributed by atoms with Gasteiger partial charge in [0.1, 0.15) is 12.4 Å². The number of carboxylic acids is 1. The van der Waals surface area contributed by atoms with E-state index in [0.29, 0.717) is 31.7 Å². The minimum Gasteiger partial charge on any atom is -0.489 e. The lowest BCUT2D eigenvalue weighted by molar-refractivity contribution is -0.149. The molecule has 1 saturated heterocycles. The molecule has 3 aromatic carbocycles. The zero-order valence-corrected chi connectivity index (χ0v) is 24.5. The summed E-state index contributed by atoms with van der Waals surface area (Å²) in [7, 11) is 0. The molecule has 0 unspecified atom stereocenters. The van der Waals surface area contributed by atoms with Gasteiger partial charge in [0.05, 0.1) is 19.6 Å². The molecule has 216 valence electrons. The molecule has 6 rings (SSSR count). The number of rotatable bonds is 10. The average Bonchev–Trinajstić information content (AvgIpc) is 3.61.